The van der Waals surface area contributed by atoms with Gasteiger partial charge in [-0.15, -0.1) is 0 Å². The van der Waals surface area contributed by atoms with E-state index in [1.165, 1.54) is 5.56 Å². The van der Waals surface area contributed by atoms with Crippen molar-refractivity contribution in [1.29, 1.82) is 0 Å². The molecule has 0 amide bonds. The summed E-state index contributed by atoms with van der Waals surface area (Å²) in [6.07, 6.45) is 2.86. The maximum absolute atomic E-state index is 6.03. The van der Waals surface area contributed by atoms with E-state index in [9.17, 15) is 0 Å². The standard InChI is InChI=1S/C21H30N2O3/c1-21(2,3)17-6-7-22-18-15-20(19(24-4)14-16(17)18)26-11-5-8-23-9-12-25-13-10-23/h6-7,14-15H,5,8-13H2,1-4H3. The van der Waals surface area contributed by atoms with Crippen molar-refractivity contribution in [1.82, 2.24) is 9.88 Å². The van der Waals surface area contributed by atoms with Gasteiger partial charge >= 0.3 is 0 Å². The summed E-state index contributed by atoms with van der Waals surface area (Å²) in [6, 6.07) is 6.14. The van der Waals surface area contributed by atoms with E-state index in [1.54, 1.807) is 7.11 Å². The van der Waals surface area contributed by atoms with Crippen molar-refractivity contribution in [2.75, 3.05) is 46.6 Å². The number of morpholine rings is 1. The average Bonchev–Trinajstić information content (AvgIpc) is 2.64. The van der Waals surface area contributed by atoms with Crippen LogP contribution in [-0.4, -0.2) is 56.4 Å². The number of methoxy groups -OCH3 is 1. The van der Waals surface area contributed by atoms with Gasteiger partial charge in [0, 0.05) is 37.3 Å². The maximum atomic E-state index is 6.03. The number of fused-ring (bicyclic) bond motifs is 1. The van der Waals surface area contributed by atoms with Gasteiger partial charge in [0.15, 0.2) is 11.5 Å². The van der Waals surface area contributed by atoms with Crippen molar-refractivity contribution >= 4 is 10.9 Å². The topological polar surface area (TPSA) is 43.8 Å². The normalized spacial score (nSPS) is 16.0. The van der Waals surface area contributed by atoms with Crippen LogP contribution in [0.4, 0.5) is 0 Å². The lowest BCUT2D eigenvalue weighted by Gasteiger charge is -2.26. The quantitative estimate of drug-likeness (QED) is 0.738. The molecule has 1 aromatic carbocycles. The van der Waals surface area contributed by atoms with Crippen LogP contribution in [0.25, 0.3) is 10.9 Å². The number of aromatic nitrogens is 1. The van der Waals surface area contributed by atoms with E-state index in [2.05, 4.69) is 42.8 Å². The molecule has 5 heteroatoms. The van der Waals surface area contributed by atoms with Crippen LogP contribution in [0.3, 0.4) is 0 Å². The minimum Gasteiger partial charge on any atom is -0.493 e. The van der Waals surface area contributed by atoms with Crippen LogP contribution in [0.15, 0.2) is 24.4 Å². The summed E-state index contributed by atoms with van der Waals surface area (Å²) in [5.41, 5.74) is 2.26. The molecule has 2 aromatic rings. The summed E-state index contributed by atoms with van der Waals surface area (Å²) >= 11 is 0. The number of hydrogen-bond donors (Lipinski definition) is 0. The molecule has 1 aliphatic rings. The summed E-state index contributed by atoms with van der Waals surface area (Å²) < 4.78 is 17.0. The Bertz CT molecular complexity index is 734. The lowest BCUT2D eigenvalue weighted by molar-refractivity contribution is 0.0357. The average molecular weight is 358 g/mol. The lowest BCUT2D eigenvalue weighted by atomic mass is 9.85. The second-order valence-electron chi connectivity index (χ2n) is 7.78. The predicted molar refractivity (Wildman–Crippen MR) is 104 cm³/mol. The highest BCUT2D eigenvalue weighted by Crippen LogP contribution is 2.36. The number of ether oxygens (including phenoxy) is 3. The fourth-order valence-electron chi connectivity index (χ4n) is 3.38. The van der Waals surface area contributed by atoms with Crippen LogP contribution in [-0.2, 0) is 10.2 Å². The van der Waals surface area contributed by atoms with Crippen LogP contribution in [0, 0.1) is 0 Å². The van der Waals surface area contributed by atoms with Gasteiger partial charge in [0.05, 0.1) is 32.4 Å². The molecule has 2 heterocycles. The van der Waals surface area contributed by atoms with E-state index in [-0.39, 0.29) is 5.41 Å². The van der Waals surface area contributed by atoms with E-state index in [0.29, 0.717) is 6.61 Å². The zero-order valence-electron chi connectivity index (χ0n) is 16.4. The van der Waals surface area contributed by atoms with Gasteiger partial charge in [-0.1, -0.05) is 20.8 Å². The summed E-state index contributed by atoms with van der Waals surface area (Å²) in [5, 5.41) is 1.12. The Balaban J connectivity index is 1.71. The van der Waals surface area contributed by atoms with Gasteiger partial charge in [-0.2, -0.15) is 0 Å². The summed E-state index contributed by atoms with van der Waals surface area (Å²) in [5.74, 6) is 1.53. The Morgan fingerprint density at radius 1 is 1.15 bits per heavy atom. The lowest BCUT2D eigenvalue weighted by Crippen LogP contribution is -2.37. The smallest absolute Gasteiger partial charge is 0.163 e. The molecular weight excluding hydrogens is 328 g/mol. The van der Waals surface area contributed by atoms with Crippen molar-refractivity contribution in [2.24, 2.45) is 0 Å². The molecule has 0 spiro atoms. The Kier molecular flexibility index (Phi) is 5.99. The Morgan fingerprint density at radius 3 is 2.62 bits per heavy atom. The van der Waals surface area contributed by atoms with Crippen LogP contribution >= 0.6 is 0 Å². The van der Waals surface area contributed by atoms with Gasteiger partial charge < -0.3 is 14.2 Å². The number of nitrogens with zero attached hydrogens (tertiary/aromatic N) is 2. The van der Waals surface area contributed by atoms with Crippen molar-refractivity contribution in [3.05, 3.63) is 30.0 Å². The molecule has 0 atom stereocenters. The number of hydrogen-bond acceptors (Lipinski definition) is 5. The fourth-order valence-corrected chi connectivity index (χ4v) is 3.38. The zero-order chi connectivity index (χ0) is 18.6. The molecule has 1 aromatic heterocycles. The maximum Gasteiger partial charge on any atom is 0.163 e. The SMILES string of the molecule is COc1cc2c(C(C)(C)C)ccnc2cc1OCCCN1CCOCC1. The largest absolute Gasteiger partial charge is 0.493 e. The highest BCUT2D eigenvalue weighted by Gasteiger charge is 2.19. The highest BCUT2D eigenvalue weighted by molar-refractivity contribution is 5.86. The molecular formula is C21H30N2O3. The molecule has 1 aliphatic heterocycles. The minimum atomic E-state index is 0.0483. The van der Waals surface area contributed by atoms with E-state index in [0.717, 1.165) is 61.7 Å². The van der Waals surface area contributed by atoms with E-state index in [1.807, 2.05) is 12.3 Å². The first-order chi connectivity index (χ1) is 12.5. The monoisotopic (exact) mass is 358 g/mol. The first-order valence-corrected chi connectivity index (χ1v) is 9.39. The molecule has 0 N–H and O–H groups in total. The zero-order valence-corrected chi connectivity index (χ0v) is 16.4. The van der Waals surface area contributed by atoms with Crippen LogP contribution in [0.1, 0.15) is 32.8 Å². The molecule has 0 saturated carbocycles. The highest BCUT2D eigenvalue weighted by atomic mass is 16.5. The Morgan fingerprint density at radius 2 is 1.92 bits per heavy atom. The molecule has 1 fully saturated rings. The molecule has 26 heavy (non-hydrogen) atoms. The van der Waals surface area contributed by atoms with Crippen molar-refractivity contribution in [3.8, 4) is 11.5 Å². The second-order valence-corrected chi connectivity index (χ2v) is 7.78. The number of benzene rings is 1. The van der Waals surface area contributed by atoms with Gasteiger partial charge in [0.1, 0.15) is 0 Å². The van der Waals surface area contributed by atoms with E-state index < -0.39 is 0 Å². The van der Waals surface area contributed by atoms with Crippen LogP contribution in [0.5, 0.6) is 11.5 Å². The van der Waals surface area contributed by atoms with Crippen LogP contribution in [0.2, 0.25) is 0 Å². The van der Waals surface area contributed by atoms with Gasteiger partial charge in [-0.05, 0) is 29.5 Å². The Labute approximate surface area is 156 Å². The fraction of sp³-hybridized carbons (Fsp3) is 0.571. The number of rotatable bonds is 6. The molecule has 0 radical (unpaired) electrons. The third-order valence-corrected chi connectivity index (χ3v) is 4.81. The summed E-state index contributed by atoms with van der Waals surface area (Å²) in [4.78, 5) is 6.95. The van der Waals surface area contributed by atoms with Gasteiger partial charge in [0.25, 0.3) is 0 Å². The van der Waals surface area contributed by atoms with E-state index >= 15 is 0 Å². The van der Waals surface area contributed by atoms with Gasteiger partial charge in [0.2, 0.25) is 0 Å². The number of pyridine rings is 1. The second kappa shape index (κ2) is 8.23. The molecule has 3 rings (SSSR count). The van der Waals surface area contributed by atoms with Crippen LogP contribution < -0.4 is 9.47 Å². The van der Waals surface area contributed by atoms with Crippen molar-refractivity contribution in [2.45, 2.75) is 32.6 Å². The first kappa shape index (κ1) is 18.9. The van der Waals surface area contributed by atoms with Crippen molar-refractivity contribution < 1.29 is 14.2 Å². The van der Waals surface area contributed by atoms with E-state index in [4.69, 9.17) is 14.2 Å². The molecule has 0 unspecified atom stereocenters. The minimum absolute atomic E-state index is 0.0483. The molecule has 5 nitrogen and oxygen atoms in total. The third kappa shape index (κ3) is 4.46. The molecule has 1 saturated heterocycles. The molecule has 0 bridgehead atoms. The summed E-state index contributed by atoms with van der Waals surface area (Å²) in [7, 11) is 1.69. The molecule has 142 valence electrons. The van der Waals surface area contributed by atoms with Crippen molar-refractivity contribution in [3.63, 3.8) is 0 Å². The van der Waals surface area contributed by atoms with Gasteiger partial charge in [-0.25, -0.2) is 0 Å². The van der Waals surface area contributed by atoms with Gasteiger partial charge in [-0.3, -0.25) is 9.88 Å². The summed E-state index contributed by atoms with van der Waals surface area (Å²) in [6.45, 7) is 12.0. The first-order valence-electron chi connectivity index (χ1n) is 9.39. The molecule has 0 aliphatic carbocycles. The predicted octanol–water partition coefficient (Wildman–Crippen LogP) is 3.64. The Hall–Kier alpha value is -1.85. The third-order valence-electron chi connectivity index (χ3n) is 4.81.